The summed E-state index contributed by atoms with van der Waals surface area (Å²) in [5, 5.41) is 64.0. The minimum Gasteiger partial charge on any atom is -0.506 e. The predicted molar refractivity (Wildman–Crippen MR) is 230 cm³/mol. The molecule has 1 aromatic rings. The molecule has 15 atom stereocenters. The molecule has 0 bridgehead atoms. The third kappa shape index (κ3) is 13.9. The van der Waals surface area contributed by atoms with E-state index in [2.05, 4.69) is 10.3 Å². The van der Waals surface area contributed by atoms with Crippen molar-refractivity contribution in [2.24, 2.45) is 23.7 Å². The van der Waals surface area contributed by atoms with Gasteiger partial charge in [-0.1, -0.05) is 43.7 Å². The zero-order chi connectivity index (χ0) is 46.9. The largest absolute Gasteiger partial charge is 0.506 e. The van der Waals surface area contributed by atoms with Crippen molar-refractivity contribution in [1.29, 1.82) is 0 Å². The Bertz CT molecular complexity index is 1730. The second kappa shape index (κ2) is 23.2. The van der Waals surface area contributed by atoms with Crippen LogP contribution in [0.2, 0.25) is 0 Å². The number of cyclic esters (lactones) is 1. The average molecular weight is 895 g/mol. The van der Waals surface area contributed by atoms with Gasteiger partial charge >= 0.3 is 5.97 Å². The molecule has 1 saturated heterocycles. The van der Waals surface area contributed by atoms with Crippen molar-refractivity contribution < 1.29 is 68.3 Å². The van der Waals surface area contributed by atoms with E-state index >= 15 is 0 Å². The van der Waals surface area contributed by atoms with Crippen LogP contribution < -0.4 is 0 Å². The van der Waals surface area contributed by atoms with Gasteiger partial charge in [0.05, 0.1) is 56.8 Å². The minimum atomic E-state index is -1.31. The number of aromatic nitrogens is 3. The molecule has 4 rings (SSSR count). The number of nitrogens with zero attached hydrogens (tertiary/aromatic N) is 4. The summed E-state index contributed by atoms with van der Waals surface area (Å²) in [4.78, 5) is 29.5. The van der Waals surface area contributed by atoms with E-state index in [0.29, 0.717) is 36.4 Å². The second-order valence-corrected chi connectivity index (χ2v) is 18.2. The molecular formula is C45H74N4O14. The lowest BCUT2D eigenvalue weighted by Crippen LogP contribution is -2.63. The Kier molecular flexibility index (Phi) is 19.3. The van der Waals surface area contributed by atoms with Crippen molar-refractivity contribution in [3.05, 3.63) is 47.2 Å². The number of ketones is 1. The van der Waals surface area contributed by atoms with E-state index in [9.17, 15) is 35.1 Å². The Hall–Kier alpha value is -3.30. The third-order valence-electron chi connectivity index (χ3n) is 12.5. The van der Waals surface area contributed by atoms with E-state index in [0.717, 1.165) is 0 Å². The highest BCUT2D eigenvalue weighted by molar-refractivity contribution is 5.91. The first-order valence-electron chi connectivity index (χ1n) is 22.1. The first kappa shape index (κ1) is 52.3. The lowest BCUT2D eigenvalue weighted by atomic mass is 9.79. The van der Waals surface area contributed by atoms with Crippen molar-refractivity contribution in [2.45, 2.75) is 167 Å². The van der Waals surface area contributed by atoms with Gasteiger partial charge in [-0.3, -0.25) is 14.3 Å². The molecule has 1 aromatic heterocycles. The number of likely N-dealkylation sites (N-methyl/N-ethyl adjacent to an activating group) is 1. The fourth-order valence-corrected chi connectivity index (χ4v) is 8.53. The van der Waals surface area contributed by atoms with Crippen LogP contribution in [0.25, 0.3) is 0 Å². The van der Waals surface area contributed by atoms with Crippen LogP contribution in [0.5, 0.6) is 0 Å². The fraction of sp³-hybridized carbons (Fsp3) is 0.778. The first-order valence-corrected chi connectivity index (χ1v) is 22.1. The number of rotatable bonds is 13. The summed E-state index contributed by atoms with van der Waals surface area (Å²) < 4.78 is 44.0. The Balaban J connectivity index is 1.70. The highest BCUT2D eigenvalue weighted by Crippen LogP contribution is 2.35. The van der Waals surface area contributed by atoms with Crippen molar-refractivity contribution in [2.75, 3.05) is 34.9 Å². The Morgan fingerprint density at radius 1 is 1.00 bits per heavy atom. The lowest BCUT2D eigenvalue weighted by Gasteiger charge is -2.46. The normalized spacial score (nSPS) is 37.3. The highest BCUT2D eigenvalue weighted by atomic mass is 16.7. The molecule has 3 aliphatic heterocycles. The van der Waals surface area contributed by atoms with Gasteiger partial charge in [0.15, 0.2) is 24.1 Å². The Morgan fingerprint density at radius 3 is 2.30 bits per heavy atom. The number of aliphatic hydroxyl groups is 5. The molecule has 1 fully saturated rings. The van der Waals surface area contributed by atoms with Gasteiger partial charge in [-0.15, -0.1) is 5.10 Å². The zero-order valence-electron chi connectivity index (χ0n) is 39.1. The number of carbonyl (C=O) groups excluding carboxylic acids is 2. The van der Waals surface area contributed by atoms with Crippen LogP contribution in [-0.2, 0) is 54.9 Å². The van der Waals surface area contributed by atoms with E-state index in [4.69, 9.17) is 33.2 Å². The SMILES string of the molecule is CC[C@H]1OC(=O)C[C@@H](O)[C@H](C)[C@@H](O[C@@H]2O[C@H](C)[C@@H](O)C(N(C)C)C2O)[C@@H](CCn2cc(C(C)(C)O)nn2)C[C@@H](C)C(=O)/C=C/C(C)=C/[C@@H]1CO[C@@H]1OC(C)C(O)=C(OC)CC1OC. The van der Waals surface area contributed by atoms with Crippen LogP contribution in [0.4, 0.5) is 0 Å². The number of hydrogen-bond acceptors (Lipinski definition) is 17. The Labute approximate surface area is 372 Å². The van der Waals surface area contributed by atoms with Crippen LogP contribution in [0.1, 0.15) is 93.2 Å². The van der Waals surface area contributed by atoms with Crippen molar-refractivity contribution in [1.82, 2.24) is 19.9 Å². The maximum Gasteiger partial charge on any atom is 0.308 e. The summed E-state index contributed by atoms with van der Waals surface area (Å²) in [6, 6.07) is -0.747. The number of hydrogen-bond donors (Lipinski definition) is 5. The van der Waals surface area contributed by atoms with Crippen LogP contribution >= 0.6 is 0 Å². The van der Waals surface area contributed by atoms with E-state index in [1.807, 2.05) is 26.8 Å². The van der Waals surface area contributed by atoms with E-state index in [-0.39, 0.29) is 31.0 Å². The monoisotopic (exact) mass is 895 g/mol. The third-order valence-corrected chi connectivity index (χ3v) is 12.5. The summed E-state index contributed by atoms with van der Waals surface area (Å²) in [5.74, 6) is -2.92. The number of methoxy groups -OCH3 is 2. The van der Waals surface area contributed by atoms with Crippen molar-refractivity contribution >= 4 is 11.8 Å². The van der Waals surface area contributed by atoms with E-state index in [1.54, 1.807) is 70.6 Å². The molecule has 358 valence electrons. The van der Waals surface area contributed by atoms with E-state index in [1.165, 1.54) is 20.3 Å². The topological polar surface area (TPSA) is 234 Å². The second-order valence-electron chi connectivity index (χ2n) is 18.2. The van der Waals surface area contributed by atoms with E-state index < -0.39 is 109 Å². The number of aryl methyl sites for hydroxylation is 1. The molecular weight excluding hydrogens is 821 g/mol. The molecule has 0 aromatic carbocycles. The first-order chi connectivity index (χ1) is 29.6. The van der Waals surface area contributed by atoms with Crippen LogP contribution in [0.3, 0.4) is 0 Å². The molecule has 4 unspecified atom stereocenters. The number of esters is 1. The maximum atomic E-state index is 13.9. The summed E-state index contributed by atoms with van der Waals surface area (Å²) in [6.45, 7) is 14.1. The molecule has 0 radical (unpaired) electrons. The summed E-state index contributed by atoms with van der Waals surface area (Å²) in [7, 11) is 6.43. The molecule has 0 aliphatic carbocycles. The predicted octanol–water partition coefficient (Wildman–Crippen LogP) is 3.31. The summed E-state index contributed by atoms with van der Waals surface area (Å²) >= 11 is 0. The van der Waals surface area contributed by atoms with Gasteiger partial charge in [0.25, 0.3) is 0 Å². The summed E-state index contributed by atoms with van der Waals surface area (Å²) in [6.07, 6.45) is -2.03. The average Bonchev–Trinajstić information content (AvgIpc) is 3.68. The smallest absolute Gasteiger partial charge is 0.308 e. The molecule has 4 heterocycles. The molecule has 5 N–H and O–H groups in total. The van der Waals surface area contributed by atoms with Gasteiger partial charge in [-0.2, -0.15) is 0 Å². The molecule has 3 aliphatic rings. The van der Waals surface area contributed by atoms with Crippen LogP contribution in [0, 0.1) is 23.7 Å². The molecule has 0 saturated carbocycles. The molecule has 63 heavy (non-hydrogen) atoms. The van der Waals surface area contributed by atoms with Crippen LogP contribution in [-0.4, -0.2) is 160 Å². The van der Waals surface area contributed by atoms with Gasteiger partial charge in [0.2, 0.25) is 0 Å². The van der Waals surface area contributed by atoms with Gasteiger partial charge in [0.1, 0.15) is 41.5 Å². The molecule has 0 amide bonds. The number of carbonyl (C=O) groups is 2. The van der Waals surface area contributed by atoms with Crippen molar-refractivity contribution in [3.63, 3.8) is 0 Å². The maximum absolute atomic E-state index is 13.9. The minimum absolute atomic E-state index is 0.00599. The molecule has 18 heteroatoms. The summed E-state index contributed by atoms with van der Waals surface area (Å²) in [5.41, 5.74) is -0.147. The molecule has 18 nitrogen and oxygen atoms in total. The Morgan fingerprint density at radius 2 is 1.70 bits per heavy atom. The van der Waals surface area contributed by atoms with Gasteiger partial charge in [-0.25, -0.2) is 0 Å². The van der Waals surface area contributed by atoms with Gasteiger partial charge in [-0.05, 0) is 80.0 Å². The highest BCUT2D eigenvalue weighted by Gasteiger charge is 2.47. The molecule has 0 spiro atoms. The van der Waals surface area contributed by atoms with Crippen molar-refractivity contribution in [3.8, 4) is 0 Å². The van der Waals surface area contributed by atoms with Gasteiger partial charge < -0.3 is 63.6 Å². The lowest BCUT2D eigenvalue weighted by molar-refractivity contribution is -0.304. The zero-order valence-corrected chi connectivity index (χ0v) is 39.1. The van der Waals surface area contributed by atoms with Crippen LogP contribution in [0.15, 0.2) is 41.5 Å². The number of aliphatic hydroxyl groups excluding tert-OH is 4. The fourth-order valence-electron chi connectivity index (χ4n) is 8.53. The van der Waals surface area contributed by atoms with Gasteiger partial charge in [0, 0.05) is 37.8 Å². The number of allylic oxidation sites excluding steroid dienone is 3. The quantitative estimate of drug-likeness (QED) is 0.179. The number of ether oxygens (including phenoxy) is 7. The standard InChI is InChI=1S/C45H74N4O14/c1-13-33-30(23-59-43-35(58-12)21-34(57-11)39(53)27(5)60-43)18-24(2)14-15-31(50)25(3)19-29(16-17-49-22-36(46-47-49)45(7,8)56)42(26(4)32(51)20-37(52)62-33)63-44-41(55)38(48(9)10)40(54)28(6)61-44/h14-15,18,22,25-30,32-33,35,38,40-44,51,53-56H,13,16-17,19-21,23H2,1-12H3/b15-14+,24-18+/t25-,26+,27?,28-,29+,30-,32-,33-,35?,38?,40-,41?,42-,43-,44+/m1/s1.